The highest BCUT2D eigenvalue weighted by molar-refractivity contribution is 7.86. The molecule has 668 valence electrons. The molecule has 7 nitrogen and oxygen atoms in total. The zero-order valence-electron chi connectivity index (χ0n) is 78.1. The van der Waals surface area contributed by atoms with Gasteiger partial charge < -0.3 is 24.4 Å². The summed E-state index contributed by atoms with van der Waals surface area (Å²) in [7, 11) is -6.82. The number of carboxylic acids is 2. The molecule has 0 aliphatic carbocycles. The molecular weight excluding hydrogens is 1460 g/mol. The summed E-state index contributed by atoms with van der Waals surface area (Å²) in [5.74, 6) is -3.20. The molecule has 2 rings (SSSR count). The van der Waals surface area contributed by atoms with E-state index in [0.717, 1.165) is 24.3 Å². The van der Waals surface area contributed by atoms with E-state index in [4.69, 9.17) is 0 Å². The molecule has 2 aromatic carbocycles. The number of benzene rings is 2. The molecule has 0 aliphatic rings. The standard InChI is InChI=1S/3C30H64P.C12H8O7S/c3*1-5-9-13-14-15-16-17-18-19-20-21-22-23-24-25-26-30-31(27-10-6-2,28-11-7-3)29-12-8-4;13-11(14)6-1-2-9-7(3-6)4-8(12(15)16)5-10(9)20(17,18)19/h3*5-30H2,1-4H3;1-5H,(H,13,14)(H,15,16)(H,17,18,19)/q3*+1;/p-3. The molecule has 0 spiro atoms. The summed E-state index contributed by atoms with van der Waals surface area (Å²) < 4.78 is 33.4. The molecule has 113 heavy (non-hydrogen) atoms. The van der Waals surface area contributed by atoms with E-state index in [2.05, 4.69) is 83.1 Å². The SMILES string of the molecule is CCCCCCCCCCCCCCCCCC[P+](CCCC)(CCCC)CCCC.CCCCCCCCCCCCCCCCCC[P+](CCCC)(CCCC)CCCC.CCCCCCCCCCCCCCCCCC[P+](CCCC)(CCCC)CCCC.O=C([O-])c1ccc2c(S(=O)(=O)[O-])cc(C(=O)[O-])cc2c1. The monoisotopic (exact) mass is 1660 g/mol. The fourth-order valence-corrected chi connectivity index (χ4v) is 33.5. The molecule has 0 bridgehead atoms. The number of carbonyl (C=O) groups is 2. The van der Waals surface area contributed by atoms with Crippen LogP contribution in [0.4, 0.5) is 0 Å². The van der Waals surface area contributed by atoms with Crippen molar-refractivity contribution in [3.05, 3.63) is 41.5 Å². The third kappa shape index (κ3) is 67.1. The number of unbranched alkanes of at least 4 members (excludes halogenated alkanes) is 54. The molecule has 0 unspecified atom stereocenters. The van der Waals surface area contributed by atoms with Crippen molar-refractivity contribution in [2.75, 3.05) is 73.9 Å². The number of carboxylic acid groups (broad SMARTS) is 2. The van der Waals surface area contributed by atoms with E-state index in [0.29, 0.717) is 6.07 Å². The lowest BCUT2D eigenvalue weighted by Crippen LogP contribution is -2.23. The Morgan fingerprint density at radius 1 is 0.230 bits per heavy atom. The topological polar surface area (TPSA) is 137 Å². The lowest BCUT2D eigenvalue weighted by molar-refractivity contribution is -0.256. The van der Waals surface area contributed by atoms with Gasteiger partial charge in [0.05, 0.1) is 90.8 Å². The molecular formula is C102H197O7P3S. The van der Waals surface area contributed by atoms with Crippen LogP contribution in [0.3, 0.4) is 0 Å². The minimum atomic E-state index is -4.92. The van der Waals surface area contributed by atoms with Gasteiger partial charge in [0.2, 0.25) is 0 Å². The van der Waals surface area contributed by atoms with Crippen LogP contribution < -0.4 is 10.2 Å². The first kappa shape index (κ1) is 114. The van der Waals surface area contributed by atoms with Gasteiger partial charge in [-0.05, 0) is 136 Å². The Kier molecular flexibility index (Phi) is 83.8. The summed E-state index contributed by atoms with van der Waals surface area (Å²) in [4.78, 5) is 20.8. The Bertz CT molecular complexity index is 2240. The van der Waals surface area contributed by atoms with E-state index in [9.17, 15) is 32.8 Å². The fourth-order valence-electron chi connectivity index (χ4n) is 17.2. The van der Waals surface area contributed by atoms with Crippen LogP contribution in [0, 0.1) is 0 Å². The van der Waals surface area contributed by atoms with Crippen LogP contribution in [0.1, 0.15) is 528 Å². The highest BCUT2D eigenvalue weighted by Crippen LogP contribution is 2.63. The van der Waals surface area contributed by atoms with Crippen molar-refractivity contribution in [1.82, 2.24) is 0 Å². The number of hydrogen-bond acceptors (Lipinski definition) is 7. The normalized spacial score (nSPS) is 11.9. The quantitative estimate of drug-likeness (QED) is 0.0365. The van der Waals surface area contributed by atoms with E-state index in [1.165, 1.54) is 405 Å². The van der Waals surface area contributed by atoms with Gasteiger partial charge in [0.15, 0.2) is 0 Å². The molecule has 0 aliphatic heterocycles. The molecule has 0 radical (unpaired) electrons. The van der Waals surface area contributed by atoms with Gasteiger partial charge in [-0.15, -0.1) is 0 Å². The molecule has 0 saturated carbocycles. The Morgan fingerprint density at radius 2 is 0.389 bits per heavy atom. The highest BCUT2D eigenvalue weighted by atomic mass is 32.2. The van der Waals surface area contributed by atoms with Crippen molar-refractivity contribution < 1.29 is 32.8 Å². The van der Waals surface area contributed by atoms with Gasteiger partial charge in [0.1, 0.15) is 10.1 Å². The van der Waals surface area contributed by atoms with E-state index >= 15 is 0 Å². The largest absolute Gasteiger partial charge is 0.744 e. The lowest BCUT2D eigenvalue weighted by Gasteiger charge is -2.28. The third-order valence-electron chi connectivity index (χ3n) is 25.0. The maximum Gasteiger partial charge on any atom is 0.125 e. The lowest BCUT2D eigenvalue weighted by atomic mass is 10.0. The number of hydrogen-bond donors (Lipinski definition) is 0. The van der Waals surface area contributed by atoms with Gasteiger partial charge in [0.25, 0.3) is 0 Å². The molecule has 2 aromatic rings. The van der Waals surface area contributed by atoms with Crippen LogP contribution in [-0.4, -0.2) is 98.9 Å². The van der Waals surface area contributed by atoms with Gasteiger partial charge in [-0.3, -0.25) is 0 Å². The Labute approximate surface area is 709 Å². The number of aromatic carboxylic acids is 2. The van der Waals surface area contributed by atoms with Crippen molar-refractivity contribution in [2.24, 2.45) is 0 Å². The Balaban J connectivity index is 0. The molecule has 0 fully saturated rings. The van der Waals surface area contributed by atoms with Crippen LogP contribution in [-0.2, 0) is 10.1 Å². The van der Waals surface area contributed by atoms with Crippen molar-refractivity contribution in [3.8, 4) is 0 Å². The molecule has 0 atom stereocenters. The van der Waals surface area contributed by atoms with Gasteiger partial charge >= 0.3 is 0 Å². The Hall–Kier alpha value is -1.16. The summed E-state index contributed by atoms with van der Waals surface area (Å²) in [5, 5.41) is 21.4. The summed E-state index contributed by atoms with van der Waals surface area (Å²) in [6.07, 6.45) is 117. The fraction of sp³-hybridized carbons (Fsp3) is 0.882. The van der Waals surface area contributed by atoms with Crippen LogP contribution >= 0.6 is 21.8 Å². The second-order valence-corrected chi connectivity index (χ2v) is 50.5. The van der Waals surface area contributed by atoms with Crippen molar-refractivity contribution in [3.63, 3.8) is 0 Å². The van der Waals surface area contributed by atoms with Gasteiger partial charge in [-0.25, -0.2) is 8.42 Å². The molecule has 0 N–H and O–H groups in total. The molecule has 0 aromatic heterocycles. The number of carbonyl (C=O) groups excluding carboxylic acids is 2. The number of rotatable bonds is 81. The van der Waals surface area contributed by atoms with E-state index < -0.39 is 54.3 Å². The van der Waals surface area contributed by atoms with E-state index in [1.807, 2.05) is 0 Å². The van der Waals surface area contributed by atoms with Crippen LogP contribution in [0.25, 0.3) is 10.8 Å². The van der Waals surface area contributed by atoms with Crippen LogP contribution in [0.2, 0.25) is 0 Å². The Morgan fingerprint density at radius 3 is 0.558 bits per heavy atom. The smallest absolute Gasteiger partial charge is 0.125 e. The second-order valence-electron chi connectivity index (χ2n) is 35.7. The maximum atomic E-state index is 11.1. The predicted octanol–water partition coefficient (Wildman–Crippen LogP) is 33.5. The zero-order chi connectivity index (χ0) is 83.7. The highest BCUT2D eigenvalue weighted by Gasteiger charge is 2.37. The van der Waals surface area contributed by atoms with Gasteiger partial charge in [-0.1, -0.05) is 423 Å². The molecule has 0 amide bonds. The first-order valence-electron chi connectivity index (χ1n) is 50.4. The summed E-state index contributed by atoms with van der Waals surface area (Å²) in [5.41, 5.74) is -0.815. The summed E-state index contributed by atoms with van der Waals surface area (Å²) in [6, 6.07) is 4.88. The predicted molar refractivity (Wildman–Crippen MR) is 513 cm³/mol. The summed E-state index contributed by atoms with van der Waals surface area (Å²) in [6.45, 7) is 28.5. The minimum Gasteiger partial charge on any atom is -0.744 e. The van der Waals surface area contributed by atoms with Crippen molar-refractivity contribution in [2.45, 2.75) is 512 Å². The van der Waals surface area contributed by atoms with Gasteiger partial charge in [-0.2, -0.15) is 0 Å². The zero-order valence-corrected chi connectivity index (χ0v) is 81.6. The molecule has 11 heteroatoms. The molecule has 0 saturated heterocycles. The van der Waals surface area contributed by atoms with Crippen LogP contribution in [0.5, 0.6) is 0 Å². The third-order valence-corrected chi connectivity index (χ3v) is 41.0. The van der Waals surface area contributed by atoms with E-state index in [-0.39, 0.29) is 16.3 Å². The average molecular weight is 1660 g/mol. The average Bonchev–Trinajstić information content (AvgIpc) is 0.775. The summed E-state index contributed by atoms with van der Waals surface area (Å²) >= 11 is 0. The second kappa shape index (κ2) is 83.1. The van der Waals surface area contributed by atoms with E-state index in [1.54, 1.807) is 93.2 Å². The number of fused-ring (bicyclic) bond motifs is 1. The van der Waals surface area contributed by atoms with Crippen molar-refractivity contribution in [1.29, 1.82) is 0 Å². The van der Waals surface area contributed by atoms with Crippen molar-refractivity contribution >= 4 is 54.6 Å². The van der Waals surface area contributed by atoms with Crippen LogP contribution in [0.15, 0.2) is 35.2 Å². The minimum absolute atomic E-state index is 0.0252. The molecule has 0 heterocycles. The first-order chi connectivity index (χ1) is 54.9. The van der Waals surface area contributed by atoms with Gasteiger partial charge in [0, 0.05) is 21.8 Å². The first-order valence-corrected chi connectivity index (χ1v) is 59.4. The maximum absolute atomic E-state index is 11.1.